The van der Waals surface area contributed by atoms with Gasteiger partial charge in [0, 0.05) is 785 Å². The molecule has 30 heavy (non-hydrogen) atoms. The van der Waals surface area contributed by atoms with E-state index in [4.69, 9.17) is 0 Å². The zero-order valence-corrected chi connectivity index (χ0v) is 86.0. The molecule has 0 aromatic rings. The number of hydrogen-bond acceptors (Lipinski definition) is 0. The van der Waals surface area contributed by atoms with Crippen molar-refractivity contribution in [3.63, 3.8) is 0 Å². The number of hydrogen-bond donors (Lipinski definition) is 0. The maximum absolute atomic E-state index is 2.00. The van der Waals surface area contributed by atoms with Crippen molar-refractivity contribution in [3.8, 4) is 0 Å². The molecule has 0 heterocycles. The monoisotopic (exact) mass is 2230 g/mol. The first-order valence-corrected chi connectivity index (χ1v) is 1.00. The summed E-state index contributed by atoms with van der Waals surface area (Å²) in [4.78, 5) is 0. The van der Waals surface area contributed by atoms with Crippen molar-refractivity contribution in [3.05, 3.63) is 14.9 Å². The van der Waals surface area contributed by atoms with Gasteiger partial charge >= 0.3 is 0 Å². The predicted molar refractivity (Wildman–Crippen MR) is 37.6 cm³/mol. The van der Waals surface area contributed by atoms with Gasteiger partial charge in [-0.15, -0.1) is 0 Å². The Morgan fingerprint density at radius 3 is 0.167 bits per heavy atom. The van der Waals surface area contributed by atoms with Crippen molar-refractivity contribution in [1.82, 2.24) is 0 Å². The second-order valence-corrected chi connectivity index (χ2v) is 0. The molecule has 0 unspecified atom stereocenters. The summed E-state index contributed by atoms with van der Waals surface area (Å²) < 4.78 is 0. The SMILES string of the molecule is C.C.CC.[CH3-].[CH3-].[Y].[Y].[Y].[Y].[Y].[Y].[Y].[Y].[Y].[Y].[Y].[Y].[Y].[Y].[Y].[Y].[Y].[Y].[Y].[Y].[Y].[Y].[Y].[Y]. The fraction of sp³-hybridized carbons (Fsp3) is 0.667. The van der Waals surface area contributed by atoms with Gasteiger partial charge in [-0.25, -0.2) is 0 Å². The van der Waals surface area contributed by atoms with Crippen LogP contribution in [0, 0.1) is 14.9 Å². The molecule has 0 amide bonds. The third-order valence-electron chi connectivity index (χ3n) is 0. The second-order valence-electron chi connectivity index (χ2n) is 0. The minimum atomic E-state index is 0. The Kier molecular flexibility index (Phi) is 1800. The molecule has 24 heteroatoms. The Morgan fingerprint density at radius 1 is 0.167 bits per heavy atom. The van der Waals surface area contributed by atoms with E-state index in [0.717, 1.165) is 0 Å². The average Bonchev–Trinajstić information content (AvgIpc) is 1.00. The van der Waals surface area contributed by atoms with Crippen molar-refractivity contribution in [1.29, 1.82) is 0 Å². The molecule has 0 aliphatic carbocycles. The molecule has 0 fully saturated rings. The van der Waals surface area contributed by atoms with Gasteiger partial charge in [-0.1, -0.05) is 28.7 Å². The van der Waals surface area contributed by atoms with E-state index >= 15 is 0 Å². The minimum absolute atomic E-state index is 0. The first-order chi connectivity index (χ1) is 1.00. The van der Waals surface area contributed by atoms with Crippen molar-refractivity contribution in [2.45, 2.75) is 28.7 Å². The van der Waals surface area contributed by atoms with E-state index in [1.54, 1.807) is 0 Å². The maximum Gasteiger partial charge on any atom is 0 e. The molecule has 0 atom stereocenters. The van der Waals surface area contributed by atoms with Gasteiger partial charge in [0.25, 0.3) is 0 Å². The molecule has 0 saturated carbocycles. The first-order valence-electron chi connectivity index (χ1n) is 1.00. The second kappa shape index (κ2) is 235. The van der Waals surface area contributed by atoms with E-state index in [0.29, 0.717) is 0 Å². The fourth-order valence-corrected chi connectivity index (χ4v) is 0. The average molecular weight is 2230 g/mol. The normalized spacial score (nSPS) is 0.200. The molecular weight excluding hydrogens is 2210 g/mol. The van der Waals surface area contributed by atoms with Gasteiger partial charge in [0.2, 0.25) is 0 Å². The van der Waals surface area contributed by atoms with Crippen molar-refractivity contribution >= 4 is 0 Å². The van der Waals surface area contributed by atoms with E-state index in [2.05, 4.69) is 0 Å². The molecule has 24 radical (unpaired) electrons. The predicted octanol–water partition coefficient (Wildman–Crippen LogP) is 3.14. The van der Waals surface area contributed by atoms with Gasteiger partial charge in [-0.05, 0) is 0 Å². The summed E-state index contributed by atoms with van der Waals surface area (Å²) in [6, 6.07) is 0. The molecular formula is C6H20Y24-2. The third-order valence-corrected chi connectivity index (χ3v) is 0. The van der Waals surface area contributed by atoms with E-state index in [-0.39, 0.29) is 815 Å². The molecule has 0 aromatic carbocycles. The van der Waals surface area contributed by atoms with Crippen molar-refractivity contribution in [2.75, 3.05) is 0 Å². The van der Waals surface area contributed by atoms with Crippen LogP contribution in [-0.4, -0.2) is 0 Å². The van der Waals surface area contributed by atoms with E-state index < -0.39 is 0 Å². The fourth-order valence-electron chi connectivity index (χ4n) is 0. The van der Waals surface area contributed by atoms with Crippen LogP contribution in [0.5, 0.6) is 0 Å². The summed E-state index contributed by atoms with van der Waals surface area (Å²) in [6.07, 6.45) is 0. The van der Waals surface area contributed by atoms with Gasteiger partial charge < -0.3 is 14.9 Å². The summed E-state index contributed by atoms with van der Waals surface area (Å²) in [6.45, 7) is 4.00. The van der Waals surface area contributed by atoms with Crippen LogP contribution in [0.15, 0.2) is 0 Å². The Labute approximate surface area is 798 Å². The molecule has 0 rings (SSSR count). The molecule has 0 nitrogen and oxygen atoms in total. The molecule has 0 aliphatic rings. The van der Waals surface area contributed by atoms with Crippen molar-refractivity contribution < 1.29 is 785 Å². The Balaban J connectivity index is -0.0000000000132. The largest absolute Gasteiger partial charge is 0.358 e. The van der Waals surface area contributed by atoms with Crippen LogP contribution in [0.4, 0.5) is 0 Å². The van der Waals surface area contributed by atoms with E-state index in [1.807, 2.05) is 13.8 Å². The van der Waals surface area contributed by atoms with Gasteiger partial charge in [0.15, 0.2) is 0 Å². The van der Waals surface area contributed by atoms with Crippen LogP contribution >= 0.6 is 0 Å². The molecule has 0 aliphatic heterocycles. The number of rotatable bonds is 0. The first kappa shape index (κ1) is 230. The van der Waals surface area contributed by atoms with Crippen LogP contribution < -0.4 is 0 Å². The van der Waals surface area contributed by atoms with E-state index in [9.17, 15) is 0 Å². The van der Waals surface area contributed by atoms with Gasteiger partial charge in [0.05, 0.1) is 0 Å². The summed E-state index contributed by atoms with van der Waals surface area (Å²) in [7, 11) is 0. The molecule has 0 saturated heterocycles. The van der Waals surface area contributed by atoms with Crippen LogP contribution in [-0.2, 0) is 785 Å². The van der Waals surface area contributed by atoms with Crippen LogP contribution in [0.1, 0.15) is 28.7 Å². The van der Waals surface area contributed by atoms with Gasteiger partial charge in [-0.2, -0.15) is 0 Å². The Morgan fingerprint density at radius 2 is 0.167 bits per heavy atom. The maximum atomic E-state index is 2.00. The quantitative estimate of drug-likeness (QED) is 0.328. The standard InChI is InChI=1S/C2H6.2CH4.2CH3.24Y/c1-2;;;;;;;;;;;;;;;;;;;;;;;;;;;;/h1-2H3;2*1H4;2*1H3;;;;;;;;;;;;;;;;;;;;;;;;/q;;;2*-1;;;;;;;;;;;;;;;;;;;;;;;;. The smallest absolute Gasteiger partial charge is 0 e. The van der Waals surface area contributed by atoms with Crippen LogP contribution in [0.3, 0.4) is 0 Å². The molecule has 0 aromatic heterocycles. The third kappa shape index (κ3) is 222. The summed E-state index contributed by atoms with van der Waals surface area (Å²) in [5.74, 6) is 0. The van der Waals surface area contributed by atoms with Crippen molar-refractivity contribution in [2.24, 2.45) is 0 Å². The summed E-state index contributed by atoms with van der Waals surface area (Å²) >= 11 is 0. The Bertz CT molecular complexity index is 21.7. The van der Waals surface area contributed by atoms with Gasteiger partial charge in [-0.3, -0.25) is 0 Å². The zero-order valence-electron chi connectivity index (χ0n) is 17.9. The Hall–Kier alpha value is 26.5. The topological polar surface area (TPSA) is 0 Å². The zero-order chi connectivity index (χ0) is 2.00. The molecule has 118 valence electrons. The molecule has 0 N–H and O–H groups in total. The minimum Gasteiger partial charge on any atom is -0.358 e. The van der Waals surface area contributed by atoms with E-state index in [1.165, 1.54) is 0 Å². The van der Waals surface area contributed by atoms with Gasteiger partial charge in [0.1, 0.15) is 0 Å². The molecule has 0 spiro atoms. The summed E-state index contributed by atoms with van der Waals surface area (Å²) in [5.41, 5.74) is 0. The molecule has 0 bridgehead atoms. The van der Waals surface area contributed by atoms with Crippen LogP contribution in [0.25, 0.3) is 0 Å². The summed E-state index contributed by atoms with van der Waals surface area (Å²) in [5, 5.41) is 0. The van der Waals surface area contributed by atoms with Crippen LogP contribution in [0.2, 0.25) is 0 Å².